The lowest BCUT2D eigenvalue weighted by atomic mass is 9.96. The average molecular weight is 316 g/mol. The maximum atomic E-state index is 6.08. The van der Waals surface area contributed by atoms with Gasteiger partial charge in [0, 0.05) is 20.9 Å². The van der Waals surface area contributed by atoms with E-state index < -0.39 is 5.79 Å². The first-order valence-corrected chi connectivity index (χ1v) is 7.92. The third kappa shape index (κ3) is 1.86. The van der Waals surface area contributed by atoms with Crippen LogP contribution in [0.3, 0.4) is 0 Å². The summed E-state index contributed by atoms with van der Waals surface area (Å²) in [6.07, 6.45) is 0. The van der Waals surface area contributed by atoms with Gasteiger partial charge in [-0.15, -0.1) is 0 Å². The van der Waals surface area contributed by atoms with Crippen molar-refractivity contribution in [1.29, 1.82) is 0 Å². The van der Waals surface area contributed by atoms with Gasteiger partial charge in [0.2, 0.25) is 5.79 Å². The van der Waals surface area contributed by atoms with E-state index in [2.05, 4.69) is 12.1 Å². The van der Waals surface area contributed by atoms with Crippen LogP contribution >= 0.6 is 11.8 Å². The Hall–Kier alpha value is -1.69. The van der Waals surface area contributed by atoms with Crippen LogP contribution in [0.5, 0.6) is 11.5 Å². The lowest BCUT2D eigenvalue weighted by Gasteiger charge is -2.35. The summed E-state index contributed by atoms with van der Waals surface area (Å²) in [6.45, 7) is 1.15. The van der Waals surface area contributed by atoms with Crippen LogP contribution in [0.4, 0.5) is 0 Å². The zero-order chi connectivity index (χ0) is 15.2. The molecule has 114 valence electrons. The molecule has 2 aliphatic heterocycles. The molecular formula is C17H16O4S. The monoisotopic (exact) mass is 316 g/mol. The molecule has 0 unspecified atom stereocenters. The van der Waals surface area contributed by atoms with Gasteiger partial charge in [0.1, 0.15) is 0 Å². The summed E-state index contributed by atoms with van der Waals surface area (Å²) >= 11 is 1.70. The third-order valence-corrected chi connectivity index (χ3v) is 5.13. The van der Waals surface area contributed by atoms with Crippen molar-refractivity contribution in [2.75, 3.05) is 27.4 Å². The zero-order valence-electron chi connectivity index (χ0n) is 12.4. The van der Waals surface area contributed by atoms with Crippen LogP contribution in [0.25, 0.3) is 0 Å². The smallest absolute Gasteiger partial charge is 0.224 e. The van der Waals surface area contributed by atoms with Crippen LogP contribution in [0, 0.1) is 0 Å². The summed E-state index contributed by atoms with van der Waals surface area (Å²) in [5.74, 6) is 0.553. The minimum atomic E-state index is -0.837. The van der Waals surface area contributed by atoms with Gasteiger partial charge in [-0.05, 0) is 18.2 Å². The molecule has 1 spiro atoms. The Morgan fingerprint density at radius 2 is 1.59 bits per heavy atom. The van der Waals surface area contributed by atoms with Crippen molar-refractivity contribution in [3.05, 3.63) is 47.5 Å². The van der Waals surface area contributed by atoms with Gasteiger partial charge in [0.15, 0.2) is 11.5 Å². The van der Waals surface area contributed by atoms with Crippen molar-refractivity contribution in [2.45, 2.75) is 15.6 Å². The van der Waals surface area contributed by atoms with Crippen LogP contribution in [0.2, 0.25) is 0 Å². The summed E-state index contributed by atoms with van der Waals surface area (Å²) in [5.41, 5.74) is 2.03. The van der Waals surface area contributed by atoms with Gasteiger partial charge < -0.3 is 18.9 Å². The predicted octanol–water partition coefficient (Wildman–Crippen LogP) is 3.42. The van der Waals surface area contributed by atoms with E-state index in [1.165, 1.54) is 0 Å². The highest BCUT2D eigenvalue weighted by atomic mass is 32.2. The summed E-state index contributed by atoms with van der Waals surface area (Å²) < 4.78 is 23.0. The van der Waals surface area contributed by atoms with Gasteiger partial charge in [-0.3, -0.25) is 0 Å². The zero-order valence-corrected chi connectivity index (χ0v) is 13.2. The van der Waals surface area contributed by atoms with Crippen LogP contribution in [-0.2, 0) is 15.3 Å². The fraction of sp³-hybridized carbons (Fsp3) is 0.294. The number of benzene rings is 2. The minimum Gasteiger partial charge on any atom is -0.493 e. The Balaban J connectivity index is 1.97. The third-order valence-electron chi connectivity index (χ3n) is 4.00. The number of rotatable bonds is 2. The Kier molecular flexibility index (Phi) is 3.29. The molecule has 2 aliphatic rings. The van der Waals surface area contributed by atoms with Crippen molar-refractivity contribution in [1.82, 2.24) is 0 Å². The Bertz CT molecular complexity index is 723. The Labute approximate surface area is 133 Å². The van der Waals surface area contributed by atoms with Gasteiger partial charge in [-0.25, -0.2) is 0 Å². The van der Waals surface area contributed by atoms with E-state index >= 15 is 0 Å². The molecule has 0 amide bonds. The highest BCUT2D eigenvalue weighted by molar-refractivity contribution is 7.99. The maximum absolute atomic E-state index is 6.08. The number of ether oxygens (including phenoxy) is 4. The molecule has 2 heterocycles. The fourth-order valence-corrected chi connectivity index (χ4v) is 4.18. The lowest BCUT2D eigenvalue weighted by molar-refractivity contribution is -0.134. The van der Waals surface area contributed by atoms with Crippen molar-refractivity contribution in [3.63, 3.8) is 0 Å². The Morgan fingerprint density at radius 3 is 2.32 bits per heavy atom. The quantitative estimate of drug-likeness (QED) is 0.848. The first-order chi connectivity index (χ1) is 10.8. The normalized spacial score (nSPS) is 17.9. The summed E-state index contributed by atoms with van der Waals surface area (Å²) in [5, 5.41) is 0. The molecular weight excluding hydrogens is 300 g/mol. The molecule has 0 N–H and O–H groups in total. The van der Waals surface area contributed by atoms with Crippen molar-refractivity contribution in [3.8, 4) is 11.5 Å². The largest absolute Gasteiger partial charge is 0.493 e. The summed E-state index contributed by atoms with van der Waals surface area (Å²) in [6, 6.07) is 12.1. The molecule has 0 atom stereocenters. The summed E-state index contributed by atoms with van der Waals surface area (Å²) in [4.78, 5) is 2.21. The topological polar surface area (TPSA) is 36.9 Å². The Morgan fingerprint density at radius 1 is 0.909 bits per heavy atom. The molecule has 22 heavy (non-hydrogen) atoms. The number of hydrogen-bond acceptors (Lipinski definition) is 5. The van der Waals surface area contributed by atoms with E-state index in [0.717, 1.165) is 20.9 Å². The molecule has 5 heteroatoms. The van der Waals surface area contributed by atoms with E-state index in [0.29, 0.717) is 24.7 Å². The second-order valence-corrected chi connectivity index (χ2v) is 6.20. The van der Waals surface area contributed by atoms with Crippen LogP contribution < -0.4 is 9.47 Å². The first-order valence-electron chi connectivity index (χ1n) is 7.10. The van der Waals surface area contributed by atoms with Gasteiger partial charge in [-0.2, -0.15) is 0 Å². The van der Waals surface area contributed by atoms with E-state index in [1.54, 1.807) is 26.0 Å². The second kappa shape index (κ2) is 5.19. The molecule has 0 radical (unpaired) electrons. The summed E-state index contributed by atoms with van der Waals surface area (Å²) in [7, 11) is 3.28. The number of fused-ring (bicyclic) bond motifs is 4. The average Bonchev–Trinajstić information content (AvgIpc) is 3.04. The highest BCUT2D eigenvalue weighted by Crippen LogP contribution is 2.54. The van der Waals surface area contributed by atoms with E-state index in [9.17, 15) is 0 Å². The van der Waals surface area contributed by atoms with Crippen molar-refractivity contribution in [2.24, 2.45) is 0 Å². The first kappa shape index (κ1) is 13.9. The van der Waals surface area contributed by atoms with Gasteiger partial charge in [0.25, 0.3) is 0 Å². The van der Waals surface area contributed by atoms with Crippen LogP contribution in [-0.4, -0.2) is 27.4 Å². The number of methoxy groups -OCH3 is 2. The molecule has 0 aromatic heterocycles. The molecule has 1 fully saturated rings. The van der Waals surface area contributed by atoms with Crippen LogP contribution in [0.1, 0.15) is 11.1 Å². The standard InChI is InChI=1S/C17H16O4S/c1-18-13-9-12-16(10-14(13)19-2)22-15-6-4-3-5-11(15)17(12)20-7-8-21-17/h3-6,9-10H,7-8H2,1-2H3. The SMILES string of the molecule is COc1cc2c(cc1OC)C1(OCCO1)c1ccccc1S2. The molecule has 4 rings (SSSR count). The van der Waals surface area contributed by atoms with Crippen LogP contribution in [0.15, 0.2) is 46.2 Å². The number of hydrogen-bond donors (Lipinski definition) is 0. The van der Waals surface area contributed by atoms with Gasteiger partial charge in [-0.1, -0.05) is 30.0 Å². The molecule has 0 aliphatic carbocycles. The molecule has 0 saturated carbocycles. The molecule has 1 saturated heterocycles. The fourth-order valence-electron chi connectivity index (χ4n) is 3.02. The van der Waals surface area contributed by atoms with Gasteiger partial charge >= 0.3 is 0 Å². The molecule has 0 bridgehead atoms. The van der Waals surface area contributed by atoms with Crippen molar-refractivity contribution < 1.29 is 18.9 Å². The van der Waals surface area contributed by atoms with E-state index in [4.69, 9.17) is 18.9 Å². The lowest BCUT2D eigenvalue weighted by Crippen LogP contribution is -2.32. The molecule has 4 nitrogen and oxygen atoms in total. The van der Waals surface area contributed by atoms with E-state index in [-0.39, 0.29) is 0 Å². The van der Waals surface area contributed by atoms with Crippen molar-refractivity contribution >= 4 is 11.8 Å². The highest BCUT2D eigenvalue weighted by Gasteiger charge is 2.47. The maximum Gasteiger partial charge on any atom is 0.224 e. The minimum absolute atomic E-state index is 0.576. The van der Waals surface area contributed by atoms with E-state index in [1.807, 2.05) is 24.3 Å². The predicted molar refractivity (Wildman–Crippen MR) is 82.8 cm³/mol. The van der Waals surface area contributed by atoms with Gasteiger partial charge in [0.05, 0.1) is 27.4 Å². The molecule has 2 aromatic carbocycles. The molecule has 2 aromatic rings. The second-order valence-electron chi connectivity index (χ2n) is 5.12.